The summed E-state index contributed by atoms with van der Waals surface area (Å²) in [6, 6.07) is 10.2. The van der Waals surface area contributed by atoms with Crippen LogP contribution in [0.4, 0.5) is 0 Å². The Morgan fingerprint density at radius 3 is 2.55 bits per heavy atom. The molecule has 0 radical (unpaired) electrons. The molecule has 1 unspecified atom stereocenters. The molecule has 1 heterocycles. The number of rotatable bonds is 2. The summed E-state index contributed by atoms with van der Waals surface area (Å²) in [5.74, 6) is 0.956. The monoisotopic (exact) mass is 268 g/mol. The summed E-state index contributed by atoms with van der Waals surface area (Å²) in [6.45, 7) is 6.99. The minimum atomic E-state index is -0.569. The zero-order valence-electron chi connectivity index (χ0n) is 12.2. The number of ether oxygens (including phenoxy) is 1. The van der Waals surface area contributed by atoms with E-state index in [0.717, 1.165) is 35.5 Å². The molecule has 2 nitrogen and oxygen atoms in total. The molecular weight excluding hydrogens is 248 g/mol. The van der Waals surface area contributed by atoms with Crippen molar-refractivity contribution in [2.24, 2.45) is 0 Å². The standard InChI is InChI=1S/C18H20O2/c1-11-8-13(3)16(9-12(11)2)18(19)15-4-5-17-14(10-15)6-7-20-17/h4-5,8-10,18-19H,6-7H2,1-3H3. The van der Waals surface area contributed by atoms with Gasteiger partial charge in [-0.2, -0.15) is 0 Å². The summed E-state index contributed by atoms with van der Waals surface area (Å²) in [5, 5.41) is 10.7. The molecule has 0 aromatic heterocycles. The summed E-state index contributed by atoms with van der Waals surface area (Å²) >= 11 is 0. The smallest absolute Gasteiger partial charge is 0.122 e. The first-order chi connectivity index (χ1) is 9.56. The van der Waals surface area contributed by atoms with Gasteiger partial charge < -0.3 is 9.84 Å². The van der Waals surface area contributed by atoms with Crippen molar-refractivity contribution in [1.82, 2.24) is 0 Å². The fraction of sp³-hybridized carbons (Fsp3) is 0.333. The lowest BCUT2D eigenvalue weighted by Crippen LogP contribution is -2.04. The molecule has 0 amide bonds. The summed E-state index contributed by atoms with van der Waals surface area (Å²) in [7, 11) is 0. The van der Waals surface area contributed by atoms with Crippen LogP contribution in [0.1, 0.15) is 39.5 Å². The normalized spacial score (nSPS) is 14.8. The van der Waals surface area contributed by atoms with Crippen LogP contribution >= 0.6 is 0 Å². The molecule has 2 heteroatoms. The highest BCUT2D eigenvalue weighted by Crippen LogP contribution is 2.32. The average Bonchev–Trinajstić information content (AvgIpc) is 2.89. The number of hydrogen-bond donors (Lipinski definition) is 1. The predicted octanol–water partition coefficient (Wildman–Crippen LogP) is 3.63. The Morgan fingerprint density at radius 1 is 1.00 bits per heavy atom. The van der Waals surface area contributed by atoms with Crippen LogP contribution in [-0.4, -0.2) is 11.7 Å². The Hall–Kier alpha value is -1.80. The van der Waals surface area contributed by atoms with E-state index in [1.807, 2.05) is 12.1 Å². The number of fused-ring (bicyclic) bond motifs is 1. The van der Waals surface area contributed by atoms with E-state index in [-0.39, 0.29) is 0 Å². The third kappa shape index (κ3) is 2.20. The van der Waals surface area contributed by atoms with Crippen LogP contribution in [0.3, 0.4) is 0 Å². The number of aryl methyl sites for hydroxylation is 3. The van der Waals surface area contributed by atoms with Crippen molar-refractivity contribution in [3.05, 3.63) is 63.7 Å². The van der Waals surface area contributed by atoms with E-state index in [2.05, 4.69) is 39.0 Å². The van der Waals surface area contributed by atoms with Crippen LogP contribution in [0.5, 0.6) is 5.75 Å². The van der Waals surface area contributed by atoms with Crippen molar-refractivity contribution in [1.29, 1.82) is 0 Å². The maximum Gasteiger partial charge on any atom is 0.122 e. The van der Waals surface area contributed by atoms with Gasteiger partial charge in [0, 0.05) is 6.42 Å². The highest BCUT2D eigenvalue weighted by Gasteiger charge is 2.18. The topological polar surface area (TPSA) is 29.5 Å². The van der Waals surface area contributed by atoms with Gasteiger partial charge in [-0.05, 0) is 66.3 Å². The lowest BCUT2D eigenvalue weighted by atomic mass is 9.92. The van der Waals surface area contributed by atoms with Crippen LogP contribution in [0.2, 0.25) is 0 Å². The minimum absolute atomic E-state index is 0.569. The third-order valence-electron chi connectivity index (χ3n) is 4.21. The van der Waals surface area contributed by atoms with Crippen LogP contribution < -0.4 is 4.74 Å². The van der Waals surface area contributed by atoms with E-state index in [1.54, 1.807) is 0 Å². The number of aliphatic hydroxyl groups is 1. The molecule has 104 valence electrons. The fourth-order valence-electron chi connectivity index (χ4n) is 2.83. The van der Waals surface area contributed by atoms with E-state index in [0.29, 0.717) is 0 Å². The van der Waals surface area contributed by atoms with Crippen molar-refractivity contribution in [2.75, 3.05) is 6.61 Å². The van der Waals surface area contributed by atoms with Gasteiger partial charge in [0.1, 0.15) is 11.9 Å². The SMILES string of the molecule is Cc1cc(C)c(C(O)c2ccc3c(c2)CCO3)cc1C. The van der Waals surface area contributed by atoms with Crippen molar-refractivity contribution in [2.45, 2.75) is 33.3 Å². The third-order valence-corrected chi connectivity index (χ3v) is 4.21. The van der Waals surface area contributed by atoms with E-state index in [1.165, 1.54) is 16.7 Å². The quantitative estimate of drug-likeness (QED) is 0.901. The summed E-state index contributed by atoms with van der Waals surface area (Å²) in [5.41, 5.74) is 6.75. The highest BCUT2D eigenvalue weighted by atomic mass is 16.5. The van der Waals surface area contributed by atoms with Gasteiger partial charge in [0.15, 0.2) is 0 Å². The van der Waals surface area contributed by atoms with Crippen LogP contribution in [0, 0.1) is 20.8 Å². The number of hydrogen-bond acceptors (Lipinski definition) is 2. The first-order valence-corrected chi connectivity index (χ1v) is 7.07. The van der Waals surface area contributed by atoms with E-state index >= 15 is 0 Å². The van der Waals surface area contributed by atoms with Crippen LogP contribution in [0.15, 0.2) is 30.3 Å². The second-order valence-corrected chi connectivity index (χ2v) is 5.66. The first kappa shape index (κ1) is 13.2. The van der Waals surface area contributed by atoms with Gasteiger partial charge in [0.05, 0.1) is 6.61 Å². The molecule has 1 atom stereocenters. The molecule has 0 fully saturated rings. The van der Waals surface area contributed by atoms with Gasteiger partial charge in [0.25, 0.3) is 0 Å². The Kier molecular flexibility index (Phi) is 3.27. The Balaban J connectivity index is 2.00. The fourth-order valence-corrected chi connectivity index (χ4v) is 2.83. The molecule has 2 aromatic carbocycles. The molecule has 0 saturated heterocycles. The molecule has 1 N–H and O–H groups in total. The van der Waals surface area contributed by atoms with Gasteiger partial charge in [-0.15, -0.1) is 0 Å². The second kappa shape index (κ2) is 4.95. The molecule has 0 aliphatic carbocycles. The Morgan fingerprint density at radius 2 is 1.75 bits per heavy atom. The van der Waals surface area contributed by atoms with Crippen molar-refractivity contribution < 1.29 is 9.84 Å². The summed E-state index contributed by atoms with van der Waals surface area (Å²) < 4.78 is 5.52. The second-order valence-electron chi connectivity index (χ2n) is 5.66. The van der Waals surface area contributed by atoms with E-state index in [9.17, 15) is 5.11 Å². The molecule has 0 saturated carbocycles. The zero-order chi connectivity index (χ0) is 14.3. The van der Waals surface area contributed by atoms with Gasteiger partial charge >= 0.3 is 0 Å². The minimum Gasteiger partial charge on any atom is -0.493 e. The molecule has 1 aliphatic rings. The average molecular weight is 268 g/mol. The lowest BCUT2D eigenvalue weighted by Gasteiger charge is -2.17. The number of aliphatic hydroxyl groups excluding tert-OH is 1. The molecule has 20 heavy (non-hydrogen) atoms. The molecule has 2 aromatic rings. The van der Waals surface area contributed by atoms with Gasteiger partial charge in [-0.1, -0.05) is 18.2 Å². The maximum atomic E-state index is 10.7. The molecule has 1 aliphatic heterocycles. The van der Waals surface area contributed by atoms with Crippen molar-refractivity contribution in [3.63, 3.8) is 0 Å². The zero-order valence-corrected chi connectivity index (χ0v) is 12.2. The molecule has 0 bridgehead atoms. The summed E-state index contributed by atoms with van der Waals surface area (Å²) in [4.78, 5) is 0. The van der Waals surface area contributed by atoms with Gasteiger partial charge in [-0.25, -0.2) is 0 Å². The Labute approximate surface area is 120 Å². The molecule has 0 spiro atoms. The summed E-state index contributed by atoms with van der Waals surface area (Å²) in [6.07, 6.45) is 0.363. The van der Waals surface area contributed by atoms with Gasteiger partial charge in [-0.3, -0.25) is 0 Å². The maximum absolute atomic E-state index is 10.7. The van der Waals surface area contributed by atoms with E-state index in [4.69, 9.17) is 4.74 Å². The Bertz CT molecular complexity index is 659. The number of benzene rings is 2. The van der Waals surface area contributed by atoms with Crippen molar-refractivity contribution >= 4 is 0 Å². The lowest BCUT2D eigenvalue weighted by molar-refractivity contribution is 0.219. The van der Waals surface area contributed by atoms with Gasteiger partial charge in [0.2, 0.25) is 0 Å². The molecule has 3 rings (SSSR count). The van der Waals surface area contributed by atoms with Crippen LogP contribution in [-0.2, 0) is 6.42 Å². The molecular formula is C18H20O2. The highest BCUT2D eigenvalue weighted by molar-refractivity contribution is 5.45. The first-order valence-electron chi connectivity index (χ1n) is 7.07. The predicted molar refractivity (Wildman–Crippen MR) is 80.4 cm³/mol. The van der Waals surface area contributed by atoms with E-state index < -0.39 is 6.10 Å². The van der Waals surface area contributed by atoms with Crippen molar-refractivity contribution in [3.8, 4) is 5.75 Å². The largest absolute Gasteiger partial charge is 0.493 e. The van der Waals surface area contributed by atoms with Crippen LogP contribution in [0.25, 0.3) is 0 Å².